The lowest BCUT2D eigenvalue weighted by Gasteiger charge is -1.97. The highest BCUT2D eigenvalue weighted by molar-refractivity contribution is 7.18. The summed E-state index contributed by atoms with van der Waals surface area (Å²) in [5.74, 6) is -0.191. The molecular formula is C11H8N2O3S. The van der Waals surface area contributed by atoms with E-state index in [4.69, 9.17) is 9.84 Å². The molecule has 0 unspecified atom stereocenters. The number of carboxylic acid groups (broad SMARTS) is 1. The Kier molecular flexibility index (Phi) is 2.05. The van der Waals surface area contributed by atoms with Gasteiger partial charge in [-0.05, 0) is 12.1 Å². The third-order valence-corrected chi connectivity index (χ3v) is 3.49. The molecule has 17 heavy (non-hydrogen) atoms. The zero-order chi connectivity index (χ0) is 12.0. The van der Waals surface area contributed by atoms with Crippen molar-refractivity contribution in [3.8, 4) is 5.75 Å². The van der Waals surface area contributed by atoms with Gasteiger partial charge in [0.2, 0.25) is 0 Å². The first-order valence-electron chi connectivity index (χ1n) is 4.88. The second kappa shape index (κ2) is 3.46. The third-order valence-electron chi connectivity index (χ3n) is 2.52. The largest absolute Gasteiger partial charge is 0.497 e. The molecule has 5 nitrogen and oxygen atoms in total. The summed E-state index contributed by atoms with van der Waals surface area (Å²) in [6.45, 7) is 0. The van der Waals surface area contributed by atoms with Crippen LogP contribution in [0.3, 0.4) is 0 Å². The molecule has 3 rings (SSSR count). The zero-order valence-electron chi connectivity index (χ0n) is 8.88. The van der Waals surface area contributed by atoms with Gasteiger partial charge in [-0.1, -0.05) is 11.3 Å². The molecule has 0 spiro atoms. The van der Waals surface area contributed by atoms with Crippen LogP contribution in [0.25, 0.3) is 16.0 Å². The van der Waals surface area contributed by atoms with Gasteiger partial charge in [-0.15, -0.1) is 0 Å². The van der Waals surface area contributed by atoms with Crippen molar-refractivity contribution in [3.63, 3.8) is 0 Å². The van der Waals surface area contributed by atoms with Crippen molar-refractivity contribution in [2.24, 2.45) is 0 Å². The molecule has 1 N–H and O–H groups in total. The van der Waals surface area contributed by atoms with Crippen molar-refractivity contribution in [1.82, 2.24) is 9.38 Å². The van der Waals surface area contributed by atoms with E-state index >= 15 is 0 Å². The number of hydrogen-bond donors (Lipinski definition) is 1. The molecule has 0 amide bonds. The Morgan fingerprint density at radius 2 is 2.35 bits per heavy atom. The number of thiazole rings is 1. The second-order valence-electron chi connectivity index (χ2n) is 3.52. The normalized spacial score (nSPS) is 11.1. The number of fused-ring (bicyclic) bond motifs is 3. The first kappa shape index (κ1) is 10.1. The summed E-state index contributed by atoms with van der Waals surface area (Å²) in [6, 6.07) is 5.52. The minimum absolute atomic E-state index is 0.283. The number of aromatic carboxylic acids is 1. The third kappa shape index (κ3) is 1.45. The van der Waals surface area contributed by atoms with E-state index < -0.39 is 5.97 Å². The van der Waals surface area contributed by atoms with Crippen LogP contribution in [0.4, 0.5) is 0 Å². The molecule has 2 aromatic heterocycles. The van der Waals surface area contributed by atoms with Crippen molar-refractivity contribution in [2.45, 2.75) is 0 Å². The van der Waals surface area contributed by atoms with Gasteiger partial charge in [0.25, 0.3) is 0 Å². The summed E-state index contributed by atoms with van der Waals surface area (Å²) in [5, 5.41) is 8.91. The highest BCUT2D eigenvalue weighted by Gasteiger charge is 2.13. The van der Waals surface area contributed by atoms with Gasteiger partial charge in [0, 0.05) is 12.3 Å². The second-order valence-corrected chi connectivity index (χ2v) is 4.53. The SMILES string of the molecule is COc1ccc2c(c1)nc1sc(C(=O)O)cn12. The lowest BCUT2D eigenvalue weighted by atomic mass is 10.3. The number of carbonyl (C=O) groups is 1. The van der Waals surface area contributed by atoms with E-state index in [-0.39, 0.29) is 4.88 Å². The molecule has 3 aromatic rings. The van der Waals surface area contributed by atoms with E-state index in [2.05, 4.69) is 4.98 Å². The van der Waals surface area contributed by atoms with Gasteiger partial charge in [-0.2, -0.15) is 0 Å². The van der Waals surface area contributed by atoms with Crippen LogP contribution in [0.2, 0.25) is 0 Å². The van der Waals surface area contributed by atoms with Gasteiger partial charge in [-0.3, -0.25) is 4.40 Å². The van der Waals surface area contributed by atoms with Gasteiger partial charge in [-0.25, -0.2) is 9.78 Å². The van der Waals surface area contributed by atoms with Crippen LogP contribution in [0, 0.1) is 0 Å². The lowest BCUT2D eigenvalue weighted by Crippen LogP contribution is -1.91. The average molecular weight is 248 g/mol. The topological polar surface area (TPSA) is 63.8 Å². The predicted molar refractivity (Wildman–Crippen MR) is 64.1 cm³/mol. The zero-order valence-corrected chi connectivity index (χ0v) is 9.69. The predicted octanol–water partition coefficient (Wildman–Crippen LogP) is 2.26. The number of hydrogen-bond acceptors (Lipinski definition) is 4. The number of imidazole rings is 1. The number of ether oxygens (including phenoxy) is 1. The van der Waals surface area contributed by atoms with Gasteiger partial charge in [0.15, 0.2) is 4.96 Å². The van der Waals surface area contributed by atoms with Gasteiger partial charge in [0.1, 0.15) is 10.6 Å². The average Bonchev–Trinajstić information content (AvgIpc) is 2.84. The Hall–Kier alpha value is -2.08. The molecule has 0 fully saturated rings. The van der Waals surface area contributed by atoms with Crippen LogP contribution in [0.5, 0.6) is 5.75 Å². The summed E-state index contributed by atoms with van der Waals surface area (Å²) in [4.78, 5) is 16.2. The van der Waals surface area contributed by atoms with Gasteiger partial charge >= 0.3 is 5.97 Å². The molecule has 0 aliphatic heterocycles. The number of carboxylic acids is 1. The molecule has 1 aromatic carbocycles. The Morgan fingerprint density at radius 3 is 3.06 bits per heavy atom. The van der Waals surface area contributed by atoms with Crippen LogP contribution >= 0.6 is 11.3 Å². The summed E-state index contributed by atoms with van der Waals surface area (Å²) >= 11 is 1.16. The molecule has 0 saturated carbocycles. The summed E-state index contributed by atoms with van der Waals surface area (Å²) < 4.78 is 6.90. The van der Waals surface area contributed by atoms with E-state index in [0.717, 1.165) is 28.1 Å². The number of methoxy groups -OCH3 is 1. The van der Waals surface area contributed by atoms with E-state index in [0.29, 0.717) is 4.96 Å². The molecule has 0 radical (unpaired) electrons. The van der Waals surface area contributed by atoms with Crippen LogP contribution in [-0.2, 0) is 0 Å². The van der Waals surface area contributed by atoms with Crippen molar-refractivity contribution in [1.29, 1.82) is 0 Å². The van der Waals surface area contributed by atoms with E-state index in [1.165, 1.54) is 0 Å². The van der Waals surface area contributed by atoms with E-state index in [1.54, 1.807) is 17.7 Å². The van der Waals surface area contributed by atoms with Crippen molar-refractivity contribution in [3.05, 3.63) is 29.3 Å². The summed E-state index contributed by atoms with van der Waals surface area (Å²) in [5.41, 5.74) is 1.68. The molecule has 0 saturated heterocycles. The summed E-state index contributed by atoms with van der Waals surface area (Å²) in [6.07, 6.45) is 1.59. The monoisotopic (exact) mass is 248 g/mol. The first-order chi connectivity index (χ1) is 8.19. The molecule has 86 valence electrons. The first-order valence-corrected chi connectivity index (χ1v) is 5.69. The van der Waals surface area contributed by atoms with Crippen molar-refractivity contribution in [2.75, 3.05) is 7.11 Å². The highest BCUT2D eigenvalue weighted by atomic mass is 32.1. The number of aromatic nitrogens is 2. The molecular weight excluding hydrogens is 240 g/mol. The quantitative estimate of drug-likeness (QED) is 0.755. The standard InChI is InChI=1S/C11H8N2O3S/c1-16-6-2-3-8-7(4-6)12-11-13(8)5-9(17-11)10(14)15/h2-5H,1H3,(H,14,15). The van der Waals surface area contributed by atoms with Gasteiger partial charge in [0.05, 0.1) is 18.1 Å². The molecule has 0 aliphatic carbocycles. The smallest absolute Gasteiger partial charge is 0.347 e. The van der Waals surface area contributed by atoms with E-state index in [9.17, 15) is 4.79 Å². The molecule has 0 bridgehead atoms. The number of rotatable bonds is 2. The number of nitrogens with zero attached hydrogens (tertiary/aromatic N) is 2. The Morgan fingerprint density at radius 1 is 1.53 bits per heavy atom. The van der Waals surface area contributed by atoms with E-state index in [1.807, 2.05) is 18.2 Å². The minimum atomic E-state index is -0.929. The highest BCUT2D eigenvalue weighted by Crippen LogP contribution is 2.26. The van der Waals surface area contributed by atoms with Crippen molar-refractivity contribution < 1.29 is 14.6 Å². The maximum atomic E-state index is 10.9. The molecule has 2 heterocycles. The fraction of sp³-hybridized carbons (Fsp3) is 0.0909. The molecule has 0 aliphatic rings. The van der Waals surface area contributed by atoms with Crippen LogP contribution in [0.15, 0.2) is 24.4 Å². The van der Waals surface area contributed by atoms with Crippen LogP contribution < -0.4 is 4.74 Å². The van der Waals surface area contributed by atoms with Crippen LogP contribution in [0.1, 0.15) is 9.67 Å². The Bertz CT molecular complexity index is 729. The number of benzene rings is 1. The Labute approximate surface area is 99.9 Å². The van der Waals surface area contributed by atoms with Crippen LogP contribution in [-0.4, -0.2) is 27.6 Å². The minimum Gasteiger partial charge on any atom is -0.497 e. The molecule has 0 atom stereocenters. The Balaban J connectivity index is 2.30. The van der Waals surface area contributed by atoms with Crippen molar-refractivity contribution >= 4 is 33.3 Å². The van der Waals surface area contributed by atoms with Gasteiger partial charge < -0.3 is 9.84 Å². The summed E-state index contributed by atoms with van der Waals surface area (Å²) in [7, 11) is 1.60. The maximum absolute atomic E-state index is 10.9. The lowest BCUT2D eigenvalue weighted by molar-refractivity contribution is 0.0702. The molecule has 6 heteroatoms. The fourth-order valence-electron chi connectivity index (χ4n) is 1.72. The maximum Gasteiger partial charge on any atom is 0.347 e. The fourth-order valence-corrected chi connectivity index (χ4v) is 2.56.